The molecule has 1 aromatic carbocycles. The van der Waals surface area contributed by atoms with Gasteiger partial charge >= 0.3 is 6.36 Å². The smallest absolute Gasteiger partial charge is 0.406 e. The summed E-state index contributed by atoms with van der Waals surface area (Å²) in [6.45, 7) is 4.85. The van der Waals surface area contributed by atoms with Crippen LogP contribution < -0.4 is 10.5 Å². The number of nitrogens with zero attached hydrogens (tertiary/aromatic N) is 2. The quantitative estimate of drug-likeness (QED) is 0.278. The van der Waals surface area contributed by atoms with Gasteiger partial charge in [0, 0.05) is 19.1 Å². The van der Waals surface area contributed by atoms with Crippen LogP contribution in [0.3, 0.4) is 0 Å². The molecule has 0 heterocycles. The molecule has 4 saturated carbocycles. The maximum atomic E-state index is 13.5. The van der Waals surface area contributed by atoms with Crippen LogP contribution in [0.5, 0.6) is 5.75 Å². The van der Waals surface area contributed by atoms with Gasteiger partial charge in [0.05, 0.1) is 17.9 Å². The van der Waals surface area contributed by atoms with Gasteiger partial charge in [-0.05, 0) is 111 Å². The molecule has 3 N–H and O–H groups in total. The van der Waals surface area contributed by atoms with Gasteiger partial charge in [0.2, 0.25) is 0 Å². The van der Waals surface area contributed by atoms with E-state index in [0.717, 1.165) is 76.5 Å². The molecule has 0 spiro atoms. The Morgan fingerprint density at radius 1 is 1.10 bits per heavy atom. The number of azo groups is 1. The number of aliphatic hydroxyl groups is 1. The fourth-order valence-corrected chi connectivity index (χ4v) is 9.41. The Labute approximate surface area is 234 Å². The molecule has 40 heavy (non-hydrogen) atoms. The van der Waals surface area contributed by atoms with E-state index in [9.17, 15) is 23.1 Å². The summed E-state index contributed by atoms with van der Waals surface area (Å²) in [6.07, 6.45) is 3.91. The highest BCUT2D eigenvalue weighted by Gasteiger charge is 2.63. The number of nitrogen functional groups attached to an aromatic ring is 1. The highest BCUT2D eigenvalue weighted by atomic mass is 19.4. The average molecular weight is 566 g/mol. The van der Waals surface area contributed by atoms with Gasteiger partial charge in [-0.2, -0.15) is 10.2 Å². The Bertz CT molecular complexity index is 1140. The molecule has 0 unspecified atom stereocenters. The lowest BCUT2D eigenvalue weighted by Gasteiger charge is -2.62. The number of fused-ring (bicyclic) bond motifs is 5. The molecule has 0 bridgehead atoms. The number of hydrogen-bond donors (Lipinski definition) is 2. The number of methoxy groups -OCH3 is 1. The topological polar surface area (TPSA) is 106 Å². The summed E-state index contributed by atoms with van der Waals surface area (Å²) in [5, 5.41) is 18.9. The molecule has 8 atom stereocenters. The fourth-order valence-electron chi connectivity index (χ4n) is 9.41. The van der Waals surface area contributed by atoms with E-state index in [1.165, 1.54) is 6.07 Å². The minimum absolute atomic E-state index is 0.0301. The Morgan fingerprint density at radius 2 is 1.88 bits per heavy atom. The number of anilines is 1. The zero-order valence-corrected chi connectivity index (χ0v) is 23.7. The second-order valence-electron chi connectivity index (χ2n) is 13.3. The first-order valence-electron chi connectivity index (χ1n) is 14.5. The van der Waals surface area contributed by atoms with Crippen LogP contribution in [-0.4, -0.2) is 43.1 Å². The number of ketones is 1. The molecule has 0 saturated heterocycles. The van der Waals surface area contributed by atoms with Crippen LogP contribution >= 0.6 is 0 Å². The van der Waals surface area contributed by atoms with Crippen molar-refractivity contribution >= 4 is 17.2 Å². The number of nitrogens with two attached hydrogens (primary N) is 1. The third-order valence-corrected chi connectivity index (χ3v) is 11.1. The van der Waals surface area contributed by atoms with Crippen molar-refractivity contribution < 1.29 is 32.5 Å². The van der Waals surface area contributed by atoms with E-state index in [1.807, 2.05) is 6.92 Å². The number of Topliss-reactive ketones (excluding diaryl/α,β-unsaturated/α-hetero) is 1. The predicted molar refractivity (Wildman–Crippen MR) is 144 cm³/mol. The second-order valence-corrected chi connectivity index (χ2v) is 13.3. The van der Waals surface area contributed by atoms with Crippen molar-refractivity contribution in [1.82, 2.24) is 0 Å². The number of ether oxygens (including phenoxy) is 2. The maximum Gasteiger partial charge on any atom is 0.573 e. The van der Waals surface area contributed by atoms with E-state index in [-0.39, 0.29) is 40.5 Å². The van der Waals surface area contributed by atoms with Gasteiger partial charge in [-0.3, -0.25) is 4.79 Å². The first kappa shape index (κ1) is 29.3. The predicted octanol–water partition coefficient (Wildman–Crippen LogP) is 6.86. The van der Waals surface area contributed by atoms with Crippen molar-refractivity contribution in [2.24, 2.45) is 50.6 Å². The molecule has 1 aromatic rings. The van der Waals surface area contributed by atoms with Crippen LogP contribution in [0.1, 0.15) is 71.6 Å². The van der Waals surface area contributed by atoms with Gasteiger partial charge in [0.25, 0.3) is 0 Å². The Balaban J connectivity index is 1.28. The molecule has 0 radical (unpaired) electrons. The Morgan fingerprint density at radius 3 is 2.60 bits per heavy atom. The largest absolute Gasteiger partial charge is 0.573 e. The molecule has 4 aliphatic rings. The van der Waals surface area contributed by atoms with Crippen molar-refractivity contribution in [1.29, 1.82) is 0 Å². The summed E-state index contributed by atoms with van der Waals surface area (Å²) >= 11 is 0. The van der Waals surface area contributed by atoms with E-state index in [2.05, 4.69) is 21.9 Å². The number of carbonyl (C=O) groups is 1. The summed E-state index contributed by atoms with van der Waals surface area (Å²) in [7, 11) is 1.79. The first-order chi connectivity index (χ1) is 18.8. The lowest BCUT2D eigenvalue weighted by Crippen LogP contribution is -2.58. The van der Waals surface area contributed by atoms with E-state index < -0.39 is 17.7 Å². The highest BCUT2D eigenvalue weighted by Crippen LogP contribution is 2.68. The standard InChI is InChI=1S/C30H42F3N3O4/c1-27(38)12-13-29(17-39-3)18(15-27)4-6-20-21-7-8-23(28(21,2)11-10-22(20)29)26(37)16-35-36-25-14-19(5-9-24(25)34)40-30(31,32)33/h5,9,14,18,20-23,38H,4,6-8,10-13,15-17,34H2,1-3H3/t18-,20-,21-,22-,23+,27+,28-,29+/m0/s1. The molecule has 222 valence electrons. The third kappa shape index (κ3) is 5.38. The SMILES string of the molecule is COC[C@]12CC[C@@](C)(O)C[C@@H]1CC[C@H]1[C@@H]3CC[C@H](C(=O)CN=Nc4cc(OC(F)(F)F)ccc4N)[C@@]3(C)CC[C@@H]12. The van der Waals surface area contributed by atoms with Gasteiger partial charge < -0.3 is 20.3 Å². The van der Waals surface area contributed by atoms with Crippen LogP contribution in [-0.2, 0) is 9.53 Å². The zero-order valence-electron chi connectivity index (χ0n) is 23.7. The van der Waals surface area contributed by atoms with E-state index in [1.54, 1.807) is 7.11 Å². The number of carbonyl (C=O) groups excluding carboxylic acids is 1. The van der Waals surface area contributed by atoms with Crippen molar-refractivity contribution in [2.45, 2.75) is 83.6 Å². The summed E-state index contributed by atoms with van der Waals surface area (Å²) in [4.78, 5) is 13.5. The third-order valence-electron chi connectivity index (χ3n) is 11.1. The van der Waals surface area contributed by atoms with Gasteiger partial charge in [0.1, 0.15) is 18.0 Å². The number of halogens is 3. The molecule has 4 aliphatic carbocycles. The number of benzene rings is 1. The Hall–Kier alpha value is -2.20. The molecule has 5 rings (SSSR count). The van der Waals surface area contributed by atoms with E-state index >= 15 is 0 Å². The zero-order chi connectivity index (χ0) is 28.9. The van der Waals surface area contributed by atoms with Crippen LogP contribution in [0.25, 0.3) is 0 Å². The molecule has 4 fully saturated rings. The van der Waals surface area contributed by atoms with Crippen LogP contribution in [0.15, 0.2) is 28.4 Å². The molecule has 0 aromatic heterocycles. The van der Waals surface area contributed by atoms with Gasteiger partial charge in [0.15, 0.2) is 5.78 Å². The Kier molecular flexibility index (Phi) is 7.74. The molecule has 0 amide bonds. The van der Waals surface area contributed by atoms with Crippen molar-refractivity contribution in [2.75, 3.05) is 26.0 Å². The molecular weight excluding hydrogens is 523 g/mol. The van der Waals surface area contributed by atoms with Crippen LogP contribution in [0.2, 0.25) is 0 Å². The summed E-state index contributed by atoms with van der Waals surface area (Å²) in [5.41, 5.74) is 5.45. The first-order valence-corrected chi connectivity index (χ1v) is 14.5. The monoisotopic (exact) mass is 565 g/mol. The molecule has 10 heteroatoms. The van der Waals surface area contributed by atoms with E-state index in [0.29, 0.717) is 23.7 Å². The van der Waals surface area contributed by atoms with Gasteiger partial charge in [-0.15, -0.1) is 13.2 Å². The van der Waals surface area contributed by atoms with E-state index in [4.69, 9.17) is 10.5 Å². The lowest BCUT2D eigenvalue weighted by atomic mass is 9.43. The molecule has 7 nitrogen and oxygen atoms in total. The van der Waals surface area contributed by atoms with Crippen LogP contribution in [0, 0.1) is 40.4 Å². The normalized spacial score (nSPS) is 39.4. The molecular formula is C30H42F3N3O4. The fraction of sp³-hybridized carbons (Fsp3) is 0.767. The average Bonchev–Trinajstić information content (AvgIpc) is 3.22. The lowest BCUT2D eigenvalue weighted by molar-refractivity contribution is -0.274. The van der Waals surface area contributed by atoms with Crippen molar-refractivity contribution in [3.05, 3.63) is 18.2 Å². The second kappa shape index (κ2) is 10.6. The van der Waals surface area contributed by atoms with Gasteiger partial charge in [-0.25, -0.2) is 0 Å². The summed E-state index contributed by atoms with van der Waals surface area (Å²) in [6, 6.07) is 3.46. The summed E-state index contributed by atoms with van der Waals surface area (Å²) in [5.74, 6) is 1.49. The minimum atomic E-state index is -4.83. The van der Waals surface area contributed by atoms with Crippen LogP contribution in [0.4, 0.5) is 24.5 Å². The number of rotatable bonds is 7. The highest BCUT2D eigenvalue weighted by molar-refractivity contribution is 5.84. The van der Waals surface area contributed by atoms with Crippen molar-refractivity contribution in [3.63, 3.8) is 0 Å². The van der Waals surface area contributed by atoms with Gasteiger partial charge in [-0.1, -0.05) is 6.92 Å². The number of hydrogen-bond acceptors (Lipinski definition) is 7. The maximum absolute atomic E-state index is 13.5. The van der Waals surface area contributed by atoms with Crippen molar-refractivity contribution in [3.8, 4) is 5.75 Å². The molecule has 0 aliphatic heterocycles. The summed E-state index contributed by atoms with van der Waals surface area (Å²) < 4.78 is 47.5. The minimum Gasteiger partial charge on any atom is -0.406 e. The number of alkyl halides is 3.